The molecule has 1 fully saturated rings. The third-order valence-electron chi connectivity index (χ3n) is 4.71. The number of carbonyl (C=O) groups excluding carboxylic acids is 1. The van der Waals surface area contributed by atoms with Gasteiger partial charge in [0.15, 0.2) is 0 Å². The second-order valence-corrected chi connectivity index (χ2v) is 7.45. The van der Waals surface area contributed by atoms with Gasteiger partial charge >= 0.3 is 0 Å². The Morgan fingerprint density at radius 1 is 1.19 bits per heavy atom. The van der Waals surface area contributed by atoms with Crippen molar-refractivity contribution < 1.29 is 9.53 Å². The maximum Gasteiger partial charge on any atom is 0.227 e. The van der Waals surface area contributed by atoms with E-state index in [4.69, 9.17) is 4.74 Å². The van der Waals surface area contributed by atoms with Gasteiger partial charge in [0.25, 0.3) is 0 Å². The van der Waals surface area contributed by atoms with E-state index in [1.165, 1.54) is 5.56 Å². The molecule has 1 N–H and O–H groups in total. The van der Waals surface area contributed by atoms with E-state index in [1.807, 2.05) is 43.3 Å². The van der Waals surface area contributed by atoms with E-state index in [-0.39, 0.29) is 11.8 Å². The molecule has 0 radical (unpaired) electrons. The fraction of sp³-hybridized carbons (Fsp3) is 0.381. The molecule has 26 heavy (non-hydrogen) atoms. The Labute approximate surface area is 163 Å². The first-order valence-corrected chi connectivity index (χ1v) is 9.94. The second-order valence-electron chi connectivity index (χ2n) is 6.60. The number of hydrogen-bond donors (Lipinski definition) is 1. The van der Waals surface area contributed by atoms with Crippen LogP contribution in [0, 0.1) is 5.92 Å². The number of amides is 1. The molecule has 0 bridgehead atoms. The van der Waals surface area contributed by atoms with Crippen molar-refractivity contribution in [3.05, 3.63) is 58.6 Å². The highest BCUT2D eigenvalue weighted by Gasteiger charge is 2.25. The highest BCUT2D eigenvalue weighted by Crippen LogP contribution is 2.25. The van der Waals surface area contributed by atoms with Gasteiger partial charge in [-0.2, -0.15) is 0 Å². The standard InChI is InChI=1S/C21H25BrN2O2/c1-2-26-18-7-5-6-16(14-18)15-24-12-10-17(11-13-24)21(25)23-20-9-4-3-8-19(20)22/h3-9,14,17H,2,10-13,15H2,1H3,(H,23,25). The molecule has 1 aliphatic rings. The predicted molar refractivity (Wildman–Crippen MR) is 108 cm³/mol. The molecule has 0 unspecified atom stereocenters. The van der Waals surface area contributed by atoms with Crippen LogP contribution in [0.15, 0.2) is 53.0 Å². The van der Waals surface area contributed by atoms with Crippen LogP contribution in [0.25, 0.3) is 0 Å². The normalized spacial score (nSPS) is 15.6. The van der Waals surface area contributed by atoms with Crippen molar-refractivity contribution >= 4 is 27.5 Å². The molecule has 5 heteroatoms. The van der Waals surface area contributed by atoms with Crippen molar-refractivity contribution in [3.8, 4) is 5.75 Å². The molecule has 1 amide bonds. The van der Waals surface area contributed by atoms with Crippen LogP contribution in [0.4, 0.5) is 5.69 Å². The van der Waals surface area contributed by atoms with Crippen molar-refractivity contribution in [2.45, 2.75) is 26.3 Å². The van der Waals surface area contributed by atoms with Gasteiger partial charge in [0.2, 0.25) is 5.91 Å². The van der Waals surface area contributed by atoms with Crippen molar-refractivity contribution in [1.82, 2.24) is 4.90 Å². The molecule has 1 aliphatic heterocycles. The summed E-state index contributed by atoms with van der Waals surface area (Å²) in [6.45, 7) is 5.46. The van der Waals surface area contributed by atoms with Crippen LogP contribution in [0.5, 0.6) is 5.75 Å². The Hall–Kier alpha value is -1.85. The number of carbonyl (C=O) groups is 1. The lowest BCUT2D eigenvalue weighted by Gasteiger charge is -2.31. The van der Waals surface area contributed by atoms with Gasteiger partial charge in [-0.25, -0.2) is 0 Å². The minimum atomic E-state index is 0.0770. The third-order valence-corrected chi connectivity index (χ3v) is 5.40. The Kier molecular flexibility index (Phi) is 6.69. The number of nitrogens with one attached hydrogen (secondary N) is 1. The average Bonchev–Trinajstić information content (AvgIpc) is 2.65. The number of piperidine rings is 1. The SMILES string of the molecule is CCOc1cccc(CN2CCC(C(=O)Nc3ccccc3Br)CC2)c1. The van der Waals surface area contributed by atoms with E-state index in [1.54, 1.807) is 0 Å². The molecule has 0 atom stereocenters. The molecule has 0 saturated carbocycles. The van der Waals surface area contributed by atoms with Crippen LogP contribution in [-0.2, 0) is 11.3 Å². The van der Waals surface area contributed by atoms with Crippen molar-refractivity contribution in [3.63, 3.8) is 0 Å². The number of para-hydroxylation sites is 1. The molecular formula is C21H25BrN2O2. The van der Waals surface area contributed by atoms with Gasteiger partial charge in [-0.05, 0) is 78.6 Å². The Balaban J connectivity index is 1.50. The Morgan fingerprint density at radius 3 is 2.69 bits per heavy atom. The van der Waals surface area contributed by atoms with Crippen LogP contribution >= 0.6 is 15.9 Å². The van der Waals surface area contributed by atoms with Gasteiger partial charge in [-0.1, -0.05) is 24.3 Å². The van der Waals surface area contributed by atoms with E-state index in [0.717, 1.165) is 48.4 Å². The maximum absolute atomic E-state index is 12.5. The Bertz CT molecular complexity index is 742. The molecule has 4 nitrogen and oxygen atoms in total. The summed E-state index contributed by atoms with van der Waals surface area (Å²) in [5.41, 5.74) is 2.10. The molecular weight excluding hydrogens is 392 g/mol. The van der Waals surface area contributed by atoms with Gasteiger partial charge in [0.05, 0.1) is 12.3 Å². The van der Waals surface area contributed by atoms with Crippen molar-refractivity contribution in [2.75, 3.05) is 25.0 Å². The van der Waals surface area contributed by atoms with Crippen molar-refractivity contribution in [1.29, 1.82) is 0 Å². The number of anilines is 1. The summed E-state index contributed by atoms with van der Waals surface area (Å²) >= 11 is 3.48. The molecule has 3 rings (SSSR count). The zero-order valence-electron chi connectivity index (χ0n) is 15.1. The smallest absolute Gasteiger partial charge is 0.227 e. The summed E-state index contributed by atoms with van der Waals surface area (Å²) in [5, 5.41) is 3.05. The molecule has 0 aromatic heterocycles. The van der Waals surface area contributed by atoms with Crippen LogP contribution < -0.4 is 10.1 Å². The molecule has 0 spiro atoms. The minimum absolute atomic E-state index is 0.0770. The van der Waals surface area contributed by atoms with E-state index >= 15 is 0 Å². The monoisotopic (exact) mass is 416 g/mol. The number of likely N-dealkylation sites (tertiary alicyclic amines) is 1. The zero-order valence-corrected chi connectivity index (χ0v) is 16.7. The third kappa shape index (κ3) is 5.08. The summed E-state index contributed by atoms with van der Waals surface area (Å²) in [6.07, 6.45) is 1.78. The highest BCUT2D eigenvalue weighted by molar-refractivity contribution is 9.10. The van der Waals surface area contributed by atoms with Gasteiger partial charge in [-0.3, -0.25) is 9.69 Å². The number of halogens is 1. The fourth-order valence-corrected chi connectivity index (χ4v) is 3.69. The molecule has 1 saturated heterocycles. The van der Waals surface area contributed by atoms with E-state index < -0.39 is 0 Å². The summed E-state index contributed by atoms with van der Waals surface area (Å²) in [7, 11) is 0. The largest absolute Gasteiger partial charge is 0.494 e. The Morgan fingerprint density at radius 2 is 1.96 bits per heavy atom. The molecule has 138 valence electrons. The molecule has 1 heterocycles. The van der Waals surface area contributed by atoms with Gasteiger partial charge in [-0.15, -0.1) is 0 Å². The van der Waals surface area contributed by atoms with Crippen molar-refractivity contribution in [2.24, 2.45) is 5.92 Å². The van der Waals surface area contributed by atoms with E-state index in [9.17, 15) is 4.79 Å². The van der Waals surface area contributed by atoms with Crippen LogP contribution in [-0.4, -0.2) is 30.5 Å². The highest BCUT2D eigenvalue weighted by atomic mass is 79.9. The molecule has 2 aromatic carbocycles. The number of rotatable bonds is 6. The lowest BCUT2D eigenvalue weighted by molar-refractivity contribution is -0.121. The number of hydrogen-bond acceptors (Lipinski definition) is 3. The fourth-order valence-electron chi connectivity index (χ4n) is 3.31. The predicted octanol–water partition coefficient (Wildman–Crippen LogP) is 4.70. The first kappa shape index (κ1) is 18.9. The topological polar surface area (TPSA) is 41.6 Å². The summed E-state index contributed by atoms with van der Waals surface area (Å²) in [6, 6.07) is 16.0. The first-order chi connectivity index (χ1) is 12.7. The summed E-state index contributed by atoms with van der Waals surface area (Å²) in [5.74, 6) is 1.12. The zero-order chi connectivity index (χ0) is 18.4. The van der Waals surface area contributed by atoms with E-state index in [2.05, 4.69) is 38.3 Å². The lowest BCUT2D eigenvalue weighted by atomic mass is 9.95. The average molecular weight is 417 g/mol. The van der Waals surface area contributed by atoms with Gasteiger partial charge in [0, 0.05) is 16.9 Å². The summed E-state index contributed by atoms with van der Waals surface area (Å²) < 4.78 is 6.49. The summed E-state index contributed by atoms with van der Waals surface area (Å²) in [4.78, 5) is 14.9. The maximum atomic E-state index is 12.5. The minimum Gasteiger partial charge on any atom is -0.494 e. The number of nitrogens with zero attached hydrogens (tertiary/aromatic N) is 1. The number of benzene rings is 2. The molecule has 2 aromatic rings. The van der Waals surface area contributed by atoms with Gasteiger partial charge in [0.1, 0.15) is 5.75 Å². The first-order valence-electron chi connectivity index (χ1n) is 9.15. The number of ether oxygens (including phenoxy) is 1. The second kappa shape index (κ2) is 9.19. The van der Waals surface area contributed by atoms with Gasteiger partial charge < -0.3 is 10.1 Å². The van der Waals surface area contributed by atoms with Crippen LogP contribution in [0.3, 0.4) is 0 Å². The lowest BCUT2D eigenvalue weighted by Crippen LogP contribution is -2.37. The molecule has 0 aliphatic carbocycles. The van der Waals surface area contributed by atoms with Crippen LogP contribution in [0.2, 0.25) is 0 Å². The van der Waals surface area contributed by atoms with Crippen LogP contribution in [0.1, 0.15) is 25.3 Å². The quantitative estimate of drug-likeness (QED) is 0.741. The van der Waals surface area contributed by atoms with E-state index in [0.29, 0.717) is 6.61 Å².